The first-order valence-electron chi connectivity index (χ1n) is 6.05. The Morgan fingerprint density at radius 1 is 1.47 bits per heavy atom. The van der Waals surface area contributed by atoms with Crippen LogP contribution in [0.5, 0.6) is 0 Å². The van der Waals surface area contributed by atoms with Crippen LogP contribution < -0.4 is 0 Å². The fraction of sp³-hybridized carbons (Fsp3) is 0.385. The van der Waals surface area contributed by atoms with Gasteiger partial charge in [0.25, 0.3) is 0 Å². The van der Waals surface area contributed by atoms with Gasteiger partial charge in [0.15, 0.2) is 0 Å². The first kappa shape index (κ1) is 14.4. The van der Waals surface area contributed by atoms with E-state index in [0.29, 0.717) is 15.5 Å². The van der Waals surface area contributed by atoms with Gasteiger partial charge in [-0.2, -0.15) is 0 Å². The molecule has 1 atom stereocenters. The molecule has 1 heterocycles. The lowest BCUT2D eigenvalue weighted by Gasteiger charge is -2.11. The molecular weight excluding hydrogens is 287 g/mol. The zero-order chi connectivity index (χ0) is 13.8. The summed E-state index contributed by atoms with van der Waals surface area (Å²) in [6.45, 7) is 2.03. The maximum atomic E-state index is 13.7. The van der Waals surface area contributed by atoms with Crippen LogP contribution in [0.15, 0.2) is 18.2 Å². The molecule has 1 unspecified atom stereocenters. The van der Waals surface area contributed by atoms with Crippen LogP contribution in [0.3, 0.4) is 0 Å². The second-order valence-corrected chi connectivity index (χ2v) is 5.45. The molecule has 0 saturated heterocycles. The number of rotatable bonds is 5. The van der Waals surface area contributed by atoms with E-state index in [1.54, 1.807) is 12.1 Å². The third-order valence-electron chi connectivity index (χ3n) is 2.83. The van der Waals surface area contributed by atoms with E-state index < -0.39 is 11.9 Å². The Labute approximate surface area is 120 Å². The van der Waals surface area contributed by atoms with E-state index in [0.717, 1.165) is 30.1 Å². The lowest BCUT2D eigenvalue weighted by Crippen LogP contribution is -2.05. The van der Waals surface area contributed by atoms with Crippen LogP contribution in [0.2, 0.25) is 5.02 Å². The average molecular weight is 301 g/mol. The van der Waals surface area contributed by atoms with Crippen molar-refractivity contribution in [3.63, 3.8) is 0 Å². The van der Waals surface area contributed by atoms with Crippen LogP contribution >= 0.6 is 23.1 Å². The second-order valence-electron chi connectivity index (χ2n) is 4.25. The molecule has 0 fully saturated rings. The fourth-order valence-corrected chi connectivity index (χ4v) is 2.81. The monoisotopic (exact) mass is 300 g/mol. The lowest BCUT2D eigenvalue weighted by molar-refractivity contribution is 0.179. The molecule has 0 bridgehead atoms. The van der Waals surface area contributed by atoms with Gasteiger partial charge in [-0.15, -0.1) is 5.10 Å². The summed E-state index contributed by atoms with van der Waals surface area (Å²) in [5.74, 6) is -0.402. The normalized spacial score (nSPS) is 12.6. The summed E-state index contributed by atoms with van der Waals surface area (Å²) >= 11 is 7.11. The maximum Gasteiger partial charge on any atom is 0.127 e. The predicted molar refractivity (Wildman–Crippen MR) is 74.0 cm³/mol. The number of aryl methyl sites for hydroxylation is 1. The molecule has 2 rings (SSSR count). The molecule has 0 aliphatic rings. The lowest BCUT2D eigenvalue weighted by atomic mass is 10.0. The van der Waals surface area contributed by atoms with Gasteiger partial charge in [-0.3, -0.25) is 0 Å². The highest BCUT2D eigenvalue weighted by Crippen LogP contribution is 2.28. The summed E-state index contributed by atoms with van der Waals surface area (Å²) in [6.07, 6.45) is 0.988. The van der Waals surface area contributed by atoms with Crippen LogP contribution in [0, 0.1) is 5.82 Å². The Kier molecular flexibility index (Phi) is 4.85. The highest BCUT2D eigenvalue weighted by molar-refractivity contribution is 7.05. The summed E-state index contributed by atoms with van der Waals surface area (Å²) in [7, 11) is 0. The van der Waals surface area contributed by atoms with Gasteiger partial charge in [-0.05, 0) is 30.1 Å². The maximum absolute atomic E-state index is 13.7. The van der Waals surface area contributed by atoms with Crippen molar-refractivity contribution in [1.29, 1.82) is 0 Å². The molecule has 0 saturated carbocycles. The van der Waals surface area contributed by atoms with E-state index in [9.17, 15) is 9.50 Å². The van der Waals surface area contributed by atoms with E-state index in [1.807, 2.05) is 6.92 Å². The predicted octanol–water partition coefficient (Wildman–Crippen LogP) is 3.56. The minimum Gasteiger partial charge on any atom is -0.387 e. The molecule has 102 valence electrons. The molecular formula is C13H14ClFN2OS. The number of halogens is 2. The van der Waals surface area contributed by atoms with Crippen molar-refractivity contribution in [1.82, 2.24) is 9.59 Å². The molecule has 0 amide bonds. The molecule has 1 N–H and O–H groups in total. The van der Waals surface area contributed by atoms with Crippen molar-refractivity contribution < 1.29 is 9.50 Å². The number of aliphatic hydroxyl groups is 1. The Bertz CT molecular complexity index is 541. The number of nitrogens with zero attached hydrogens (tertiary/aromatic N) is 2. The summed E-state index contributed by atoms with van der Waals surface area (Å²) in [6, 6.07) is 4.50. The van der Waals surface area contributed by atoms with Crippen molar-refractivity contribution >= 4 is 23.1 Å². The van der Waals surface area contributed by atoms with E-state index in [2.05, 4.69) is 9.59 Å². The summed E-state index contributed by atoms with van der Waals surface area (Å²) < 4.78 is 17.5. The standard InChI is InChI=1S/C13H14ClFN2OS/c1-2-4-11-13(19-17-16-11)12(18)7-8-9(14)5-3-6-10(8)15/h3,5-6,12,18H,2,4,7H2,1H3. The van der Waals surface area contributed by atoms with Crippen molar-refractivity contribution in [2.75, 3.05) is 0 Å². The highest BCUT2D eigenvalue weighted by Gasteiger charge is 2.19. The zero-order valence-corrected chi connectivity index (χ0v) is 12.0. The van der Waals surface area contributed by atoms with E-state index in [4.69, 9.17) is 11.6 Å². The largest absolute Gasteiger partial charge is 0.387 e. The van der Waals surface area contributed by atoms with Gasteiger partial charge < -0.3 is 5.11 Å². The smallest absolute Gasteiger partial charge is 0.127 e. The molecule has 0 aliphatic carbocycles. The fourth-order valence-electron chi connectivity index (χ4n) is 1.89. The molecule has 6 heteroatoms. The minimum atomic E-state index is -0.823. The Morgan fingerprint density at radius 2 is 2.26 bits per heavy atom. The van der Waals surface area contributed by atoms with Gasteiger partial charge >= 0.3 is 0 Å². The molecule has 1 aromatic carbocycles. The summed E-state index contributed by atoms with van der Waals surface area (Å²) in [5.41, 5.74) is 1.11. The molecule has 3 nitrogen and oxygen atoms in total. The third kappa shape index (κ3) is 3.29. The van der Waals surface area contributed by atoms with Crippen LogP contribution in [-0.2, 0) is 12.8 Å². The molecule has 0 spiro atoms. The average Bonchev–Trinajstić information content (AvgIpc) is 2.83. The van der Waals surface area contributed by atoms with Crippen LogP contribution in [-0.4, -0.2) is 14.7 Å². The Balaban J connectivity index is 2.21. The molecule has 2 aromatic rings. The zero-order valence-electron chi connectivity index (χ0n) is 10.4. The van der Waals surface area contributed by atoms with Crippen molar-refractivity contribution in [2.45, 2.75) is 32.3 Å². The Hall–Kier alpha value is -1.04. The minimum absolute atomic E-state index is 0.131. The van der Waals surface area contributed by atoms with Crippen LogP contribution in [0.25, 0.3) is 0 Å². The van der Waals surface area contributed by atoms with E-state index >= 15 is 0 Å². The molecule has 1 aromatic heterocycles. The number of hydrogen-bond acceptors (Lipinski definition) is 4. The first-order valence-corrected chi connectivity index (χ1v) is 7.20. The van der Waals surface area contributed by atoms with E-state index in [-0.39, 0.29) is 6.42 Å². The first-order chi connectivity index (χ1) is 9.13. The molecule has 0 aliphatic heterocycles. The van der Waals surface area contributed by atoms with E-state index in [1.165, 1.54) is 6.07 Å². The SMILES string of the molecule is CCCc1nnsc1C(O)Cc1c(F)cccc1Cl. The number of aliphatic hydroxyl groups excluding tert-OH is 1. The van der Waals surface area contributed by atoms with Crippen LogP contribution in [0.4, 0.5) is 4.39 Å². The number of hydrogen-bond donors (Lipinski definition) is 1. The highest BCUT2D eigenvalue weighted by atomic mass is 35.5. The van der Waals surface area contributed by atoms with Gasteiger partial charge in [-0.25, -0.2) is 4.39 Å². The van der Waals surface area contributed by atoms with Crippen molar-refractivity contribution in [2.24, 2.45) is 0 Å². The summed E-state index contributed by atoms with van der Waals surface area (Å²) in [4.78, 5) is 0.696. The quantitative estimate of drug-likeness (QED) is 0.918. The van der Waals surface area contributed by atoms with Gasteiger partial charge in [-0.1, -0.05) is 35.5 Å². The van der Waals surface area contributed by atoms with Crippen molar-refractivity contribution in [3.8, 4) is 0 Å². The van der Waals surface area contributed by atoms with Gasteiger partial charge in [0.2, 0.25) is 0 Å². The Morgan fingerprint density at radius 3 is 2.95 bits per heavy atom. The summed E-state index contributed by atoms with van der Waals surface area (Å²) in [5, 5.41) is 14.5. The van der Waals surface area contributed by atoms with Gasteiger partial charge in [0.1, 0.15) is 5.82 Å². The van der Waals surface area contributed by atoms with Gasteiger partial charge in [0, 0.05) is 17.0 Å². The molecule has 19 heavy (non-hydrogen) atoms. The molecule has 0 radical (unpaired) electrons. The topological polar surface area (TPSA) is 46.0 Å². The number of benzene rings is 1. The van der Waals surface area contributed by atoms with Crippen molar-refractivity contribution in [3.05, 3.63) is 45.2 Å². The van der Waals surface area contributed by atoms with Crippen LogP contribution in [0.1, 0.15) is 35.6 Å². The number of aromatic nitrogens is 2. The third-order valence-corrected chi connectivity index (χ3v) is 4.06. The van der Waals surface area contributed by atoms with Gasteiger partial charge in [0.05, 0.1) is 16.7 Å². The second kappa shape index (κ2) is 6.41.